The van der Waals surface area contributed by atoms with Crippen LogP contribution >= 0.6 is 11.3 Å². The van der Waals surface area contributed by atoms with Gasteiger partial charge < -0.3 is 9.80 Å². The maximum Gasteiger partial charge on any atom is 0.230 e. The fraction of sp³-hybridized carbons (Fsp3) is 0.696. The largest absolute Gasteiger partial charge is 0.357 e. The van der Waals surface area contributed by atoms with Gasteiger partial charge >= 0.3 is 0 Å². The zero-order chi connectivity index (χ0) is 20.8. The topological polar surface area (TPSA) is 49.3 Å². The monoisotopic (exact) mass is 416 g/mol. The second-order valence-electron chi connectivity index (χ2n) is 8.41. The van der Waals surface area contributed by atoms with E-state index in [2.05, 4.69) is 38.8 Å². The van der Waals surface area contributed by atoms with Crippen LogP contribution in [-0.4, -0.2) is 47.0 Å². The third kappa shape index (κ3) is 5.91. The lowest BCUT2D eigenvalue weighted by atomic mass is 10.1. The van der Waals surface area contributed by atoms with Crippen molar-refractivity contribution in [1.29, 1.82) is 0 Å². The summed E-state index contributed by atoms with van der Waals surface area (Å²) in [7, 11) is 2.11. The van der Waals surface area contributed by atoms with E-state index in [0.29, 0.717) is 11.9 Å². The molecular formula is C23H36N4OS. The van der Waals surface area contributed by atoms with Gasteiger partial charge in [-0.05, 0) is 70.4 Å². The molecule has 0 saturated carbocycles. The minimum absolute atomic E-state index is 0.155. The molecule has 1 atom stereocenters. The van der Waals surface area contributed by atoms with Crippen LogP contribution in [0.25, 0.3) is 0 Å². The van der Waals surface area contributed by atoms with E-state index in [9.17, 15) is 4.79 Å². The summed E-state index contributed by atoms with van der Waals surface area (Å²) < 4.78 is 0. The molecule has 2 aliphatic rings. The molecule has 2 heterocycles. The maximum absolute atomic E-state index is 12.8. The number of fused-ring (bicyclic) bond motifs is 1. The molecule has 1 unspecified atom stereocenters. The molecular weight excluding hydrogens is 380 g/mol. The van der Waals surface area contributed by atoms with Crippen molar-refractivity contribution in [2.24, 2.45) is 0 Å². The van der Waals surface area contributed by atoms with Gasteiger partial charge in [0, 0.05) is 31.1 Å². The molecule has 1 saturated heterocycles. The lowest BCUT2D eigenvalue weighted by Gasteiger charge is -2.25. The van der Waals surface area contributed by atoms with Crippen molar-refractivity contribution in [2.75, 3.05) is 25.0 Å². The molecule has 29 heavy (non-hydrogen) atoms. The van der Waals surface area contributed by atoms with Gasteiger partial charge in [-0.3, -0.25) is 4.79 Å². The van der Waals surface area contributed by atoms with Crippen molar-refractivity contribution < 1.29 is 4.79 Å². The van der Waals surface area contributed by atoms with E-state index in [0.717, 1.165) is 56.0 Å². The minimum atomic E-state index is 0.155. The van der Waals surface area contributed by atoms with E-state index in [4.69, 9.17) is 9.97 Å². The standard InChI is InChI=1S/C23H36N4OS/c1-5-17(2)26(4)22-15-19-11-7-6-8-12-20(19)29-18(3)24-21(25-22)16-23(28)27-13-9-10-14-27/h15,17H,5-14,16H2,1-4H3. The summed E-state index contributed by atoms with van der Waals surface area (Å²) in [4.78, 5) is 28.2. The van der Waals surface area contributed by atoms with E-state index in [1.807, 2.05) is 4.90 Å². The first-order valence-corrected chi connectivity index (χ1v) is 12.0. The van der Waals surface area contributed by atoms with Gasteiger partial charge in [0.2, 0.25) is 5.91 Å². The molecule has 5 nitrogen and oxygen atoms in total. The van der Waals surface area contributed by atoms with E-state index >= 15 is 0 Å². The summed E-state index contributed by atoms with van der Waals surface area (Å²) in [6.45, 7) is 8.22. The third-order valence-corrected chi connectivity index (χ3v) is 7.29. The molecule has 6 heteroatoms. The summed E-state index contributed by atoms with van der Waals surface area (Å²) >= 11 is 1.78. The van der Waals surface area contributed by atoms with Crippen molar-refractivity contribution in [2.45, 2.75) is 84.6 Å². The highest BCUT2D eigenvalue weighted by molar-refractivity contribution is 7.11. The molecule has 1 aromatic heterocycles. The van der Waals surface area contributed by atoms with Crippen LogP contribution in [0.15, 0.2) is 6.07 Å². The molecule has 160 valence electrons. The molecule has 0 radical (unpaired) electrons. The summed E-state index contributed by atoms with van der Waals surface area (Å²) in [5, 5.41) is 0.994. The maximum atomic E-state index is 12.8. The van der Waals surface area contributed by atoms with Crippen molar-refractivity contribution in [3.8, 4) is 0 Å². The first-order chi connectivity index (χ1) is 14.0. The van der Waals surface area contributed by atoms with Crippen LogP contribution in [0.4, 0.5) is 5.82 Å². The number of nitrogens with zero attached hydrogens (tertiary/aromatic N) is 4. The Kier molecular flexibility index (Phi) is 7.87. The molecule has 1 amide bonds. The fourth-order valence-electron chi connectivity index (χ4n) is 4.05. The van der Waals surface area contributed by atoms with Crippen molar-refractivity contribution in [3.05, 3.63) is 27.3 Å². The lowest BCUT2D eigenvalue weighted by Crippen LogP contribution is -2.31. The Bertz CT molecular complexity index is 768. The second kappa shape index (κ2) is 10.4. The summed E-state index contributed by atoms with van der Waals surface area (Å²) in [6, 6.07) is 2.66. The number of carbonyl (C=O) groups is 1. The molecule has 0 bridgehead atoms. The minimum Gasteiger partial charge on any atom is -0.357 e. The Labute approximate surface area is 179 Å². The van der Waals surface area contributed by atoms with Crippen LogP contribution in [0.5, 0.6) is 0 Å². The summed E-state index contributed by atoms with van der Waals surface area (Å²) in [6.07, 6.45) is 9.53. The second-order valence-corrected chi connectivity index (χ2v) is 9.69. The number of hydrogen-bond donors (Lipinski definition) is 0. The van der Waals surface area contributed by atoms with Crippen LogP contribution in [-0.2, 0) is 24.1 Å². The Hall–Kier alpha value is -1.69. The van der Waals surface area contributed by atoms with Gasteiger partial charge in [0.05, 0.1) is 11.4 Å². The Morgan fingerprint density at radius 3 is 2.62 bits per heavy atom. The number of likely N-dealkylation sites (tertiary alicyclic amines) is 1. The first kappa shape index (κ1) is 22.0. The first-order valence-electron chi connectivity index (χ1n) is 11.2. The van der Waals surface area contributed by atoms with Gasteiger partial charge in [-0.2, -0.15) is 0 Å². The van der Waals surface area contributed by atoms with E-state index in [1.165, 1.54) is 29.7 Å². The summed E-state index contributed by atoms with van der Waals surface area (Å²) in [5.74, 6) is 1.74. The highest BCUT2D eigenvalue weighted by atomic mass is 32.1. The van der Waals surface area contributed by atoms with Crippen LogP contribution in [0, 0.1) is 6.92 Å². The van der Waals surface area contributed by atoms with Crippen LogP contribution < -0.4 is 4.90 Å². The quantitative estimate of drug-likeness (QED) is 0.656. The van der Waals surface area contributed by atoms with E-state index in [1.54, 1.807) is 11.3 Å². The molecule has 0 N–H and O–H groups in total. The van der Waals surface area contributed by atoms with Crippen LogP contribution in [0.1, 0.15) is 73.6 Å². The van der Waals surface area contributed by atoms with Gasteiger partial charge in [-0.1, -0.05) is 13.3 Å². The highest BCUT2D eigenvalue weighted by Gasteiger charge is 2.20. The van der Waals surface area contributed by atoms with Gasteiger partial charge in [0.25, 0.3) is 0 Å². The molecule has 3 rings (SSSR count). The molecule has 1 aliphatic carbocycles. The molecule has 1 fully saturated rings. The Balaban J connectivity index is 2.07. The number of carbonyl (C=O) groups excluding carboxylic acids is 1. The van der Waals surface area contributed by atoms with Gasteiger partial charge in [-0.25, -0.2) is 9.97 Å². The van der Waals surface area contributed by atoms with Crippen molar-refractivity contribution in [1.82, 2.24) is 14.9 Å². The Morgan fingerprint density at radius 1 is 1.17 bits per heavy atom. The molecule has 1 aromatic rings. The zero-order valence-electron chi connectivity index (χ0n) is 18.5. The van der Waals surface area contributed by atoms with E-state index in [-0.39, 0.29) is 12.3 Å². The zero-order valence-corrected chi connectivity index (χ0v) is 19.4. The summed E-state index contributed by atoms with van der Waals surface area (Å²) in [5.41, 5.74) is 1.41. The molecule has 1 aliphatic heterocycles. The SMILES string of the molecule is CCC(C)N(C)c1cc2c(sc(C)nc(CC(=O)N3CCCC3)n1)CCCCC2. The number of aryl methyl sites for hydroxylation is 3. The average molecular weight is 417 g/mol. The number of hydrogen-bond acceptors (Lipinski definition) is 5. The number of aromatic nitrogens is 2. The highest BCUT2D eigenvalue weighted by Crippen LogP contribution is 2.26. The normalized spacial score (nSPS) is 17.3. The average Bonchev–Trinajstić information content (AvgIpc) is 3.17. The van der Waals surface area contributed by atoms with Crippen LogP contribution in [0.2, 0.25) is 0 Å². The van der Waals surface area contributed by atoms with E-state index < -0.39 is 0 Å². The van der Waals surface area contributed by atoms with Gasteiger partial charge in [-0.15, -0.1) is 11.3 Å². The van der Waals surface area contributed by atoms with Crippen molar-refractivity contribution >= 4 is 23.1 Å². The number of rotatable bonds is 5. The predicted molar refractivity (Wildman–Crippen MR) is 121 cm³/mol. The third-order valence-electron chi connectivity index (χ3n) is 6.19. The van der Waals surface area contributed by atoms with Crippen LogP contribution in [0.3, 0.4) is 0 Å². The molecule has 0 aromatic carbocycles. The smallest absolute Gasteiger partial charge is 0.230 e. The predicted octanol–water partition coefficient (Wildman–Crippen LogP) is 4.64. The lowest BCUT2D eigenvalue weighted by molar-refractivity contribution is -0.129. The van der Waals surface area contributed by atoms with Gasteiger partial charge in [0.15, 0.2) is 0 Å². The molecule has 0 spiro atoms. The van der Waals surface area contributed by atoms with Crippen molar-refractivity contribution in [3.63, 3.8) is 0 Å². The fourth-order valence-corrected chi connectivity index (χ4v) is 5.09. The number of amides is 1. The van der Waals surface area contributed by atoms with Gasteiger partial charge in [0.1, 0.15) is 11.6 Å². The number of anilines is 1. The Morgan fingerprint density at radius 2 is 1.90 bits per heavy atom.